The van der Waals surface area contributed by atoms with Gasteiger partial charge in [0.15, 0.2) is 0 Å². The van der Waals surface area contributed by atoms with Crippen LogP contribution in [0.5, 0.6) is 5.75 Å². The van der Waals surface area contributed by atoms with Crippen LogP contribution in [0.2, 0.25) is 0 Å². The van der Waals surface area contributed by atoms with Gasteiger partial charge in [0.25, 0.3) is 0 Å². The van der Waals surface area contributed by atoms with Crippen LogP contribution in [0.25, 0.3) is 0 Å². The topological polar surface area (TPSA) is 52.0 Å². The first kappa shape index (κ1) is 17.1. The van der Waals surface area contributed by atoms with Crippen LogP contribution < -0.4 is 10.1 Å². The highest BCUT2D eigenvalue weighted by Gasteiger charge is 2.24. The van der Waals surface area contributed by atoms with Gasteiger partial charge in [-0.2, -0.15) is 0 Å². The number of rotatable bonds is 6. The van der Waals surface area contributed by atoms with E-state index in [9.17, 15) is 4.39 Å². The number of nitrogens with one attached hydrogen (secondary N) is 1. The standard InChI is InChI=1S/C19H21FN4O/c1-13(16-9-8-14(20)12-22-16)23-18(19-21-10-11-24(19)2)15-6-4-5-7-17(15)25-3/h4-13,18,23H,1-3H3/t13-,18-/m0/s1. The van der Waals surface area contributed by atoms with E-state index in [1.165, 1.54) is 12.3 Å². The molecule has 0 saturated heterocycles. The van der Waals surface area contributed by atoms with Crippen LogP contribution in [0, 0.1) is 5.82 Å². The molecule has 25 heavy (non-hydrogen) atoms. The molecular weight excluding hydrogens is 319 g/mol. The molecular formula is C19H21FN4O. The lowest BCUT2D eigenvalue weighted by molar-refractivity contribution is 0.396. The molecule has 2 aromatic heterocycles. The minimum Gasteiger partial charge on any atom is -0.496 e. The van der Waals surface area contributed by atoms with Gasteiger partial charge >= 0.3 is 0 Å². The highest BCUT2D eigenvalue weighted by molar-refractivity contribution is 5.39. The smallest absolute Gasteiger partial charge is 0.141 e. The minimum absolute atomic E-state index is 0.104. The maximum Gasteiger partial charge on any atom is 0.141 e. The SMILES string of the molecule is COc1ccccc1[C@H](N[C@@H](C)c1ccc(F)cn1)c1nccn1C. The van der Waals surface area contributed by atoms with Crippen molar-refractivity contribution in [2.75, 3.05) is 7.11 Å². The average Bonchev–Trinajstić information content (AvgIpc) is 3.06. The first-order valence-electron chi connectivity index (χ1n) is 8.07. The third kappa shape index (κ3) is 3.69. The molecule has 3 rings (SSSR count). The van der Waals surface area contributed by atoms with E-state index >= 15 is 0 Å². The zero-order valence-electron chi connectivity index (χ0n) is 14.5. The fourth-order valence-electron chi connectivity index (χ4n) is 2.84. The van der Waals surface area contributed by atoms with Gasteiger partial charge in [-0.1, -0.05) is 18.2 Å². The largest absolute Gasteiger partial charge is 0.496 e. The third-order valence-corrected chi connectivity index (χ3v) is 4.18. The first-order valence-corrected chi connectivity index (χ1v) is 8.07. The van der Waals surface area contributed by atoms with Gasteiger partial charge in [-0.25, -0.2) is 9.37 Å². The van der Waals surface area contributed by atoms with Crippen LogP contribution in [-0.2, 0) is 7.05 Å². The van der Waals surface area contributed by atoms with Crippen LogP contribution in [-0.4, -0.2) is 21.6 Å². The van der Waals surface area contributed by atoms with Gasteiger partial charge in [-0.05, 0) is 25.1 Å². The predicted molar refractivity (Wildman–Crippen MR) is 93.8 cm³/mol. The molecule has 1 N–H and O–H groups in total. The van der Waals surface area contributed by atoms with Crippen molar-refractivity contribution in [2.24, 2.45) is 7.05 Å². The summed E-state index contributed by atoms with van der Waals surface area (Å²) in [6, 6.07) is 10.6. The number of pyridine rings is 1. The Morgan fingerprint density at radius 1 is 1.16 bits per heavy atom. The molecule has 0 amide bonds. The third-order valence-electron chi connectivity index (χ3n) is 4.18. The van der Waals surface area contributed by atoms with Crippen molar-refractivity contribution >= 4 is 0 Å². The normalized spacial score (nSPS) is 13.4. The van der Waals surface area contributed by atoms with E-state index in [4.69, 9.17) is 4.74 Å². The Bertz CT molecular complexity index is 831. The maximum absolute atomic E-state index is 13.1. The van der Waals surface area contributed by atoms with E-state index in [2.05, 4.69) is 15.3 Å². The summed E-state index contributed by atoms with van der Waals surface area (Å²) in [6.07, 6.45) is 4.90. The lowest BCUT2D eigenvalue weighted by Crippen LogP contribution is -2.28. The molecule has 0 aliphatic rings. The van der Waals surface area contributed by atoms with Crippen molar-refractivity contribution in [1.29, 1.82) is 0 Å². The van der Waals surface area contributed by atoms with Gasteiger partial charge < -0.3 is 9.30 Å². The summed E-state index contributed by atoms with van der Waals surface area (Å²) in [5, 5.41) is 3.54. The van der Waals surface area contributed by atoms with Gasteiger partial charge in [-0.3, -0.25) is 10.3 Å². The van der Waals surface area contributed by atoms with Crippen molar-refractivity contribution < 1.29 is 9.13 Å². The fourth-order valence-corrected chi connectivity index (χ4v) is 2.84. The fraction of sp³-hybridized carbons (Fsp3) is 0.263. The number of hydrogen-bond donors (Lipinski definition) is 1. The summed E-state index contributed by atoms with van der Waals surface area (Å²) in [7, 11) is 3.60. The van der Waals surface area contributed by atoms with Crippen LogP contribution in [0.4, 0.5) is 4.39 Å². The van der Waals surface area contributed by atoms with Crippen LogP contribution in [0.15, 0.2) is 55.0 Å². The molecule has 0 aliphatic carbocycles. The number of aromatic nitrogens is 3. The van der Waals surface area contributed by atoms with E-state index in [1.807, 2.05) is 49.0 Å². The summed E-state index contributed by atoms with van der Waals surface area (Å²) in [4.78, 5) is 8.67. The lowest BCUT2D eigenvalue weighted by Gasteiger charge is -2.24. The van der Waals surface area contributed by atoms with E-state index in [0.717, 1.165) is 22.8 Å². The second-order valence-electron chi connectivity index (χ2n) is 5.86. The quantitative estimate of drug-likeness (QED) is 0.747. The maximum atomic E-state index is 13.1. The van der Waals surface area contributed by atoms with E-state index < -0.39 is 0 Å². The first-order chi connectivity index (χ1) is 12.1. The van der Waals surface area contributed by atoms with Gasteiger partial charge in [0, 0.05) is 31.0 Å². The molecule has 2 heterocycles. The Hall–Kier alpha value is -2.73. The molecule has 0 spiro atoms. The predicted octanol–water partition coefficient (Wildman–Crippen LogP) is 3.40. The molecule has 0 fully saturated rings. The van der Waals surface area contributed by atoms with Crippen LogP contribution in [0.1, 0.15) is 36.1 Å². The number of ether oxygens (including phenoxy) is 1. The molecule has 2 atom stereocenters. The monoisotopic (exact) mass is 340 g/mol. The second-order valence-corrected chi connectivity index (χ2v) is 5.86. The lowest BCUT2D eigenvalue weighted by atomic mass is 10.0. The number of imidazole rings is 1. The molecule has 5 nitrogen and oxygen atoms in total. The Labute approximate surface area is 146 Å². The van der Waals surface area contributed by atoms with Gasteiger partial charge in [0.1, 0.15) is 17.4 Å². The molecule has 0 radical (unpaired) electrons. The summed E-state index contributed by atoms with van der Waals surface area (Å²) < 4.78 is 20.6. The van der Waals surface area contributed by atoms with Crippen LogP contribution >= 0.6 is 0 Å². The Balaban J connectivity index is 1.97. The van der Waals surface area contributed by atoms with E-state index in [-0.39, 0.29) is 17.9 Å². The molecule has 1 aromatic carbocycles. The molecule has 0 aliphatic heterocycles. The summed E-state index contributed by atoms with van der Waals surface area (Å²) in [5.74, 6) is 1.29. The number of halogens is 1. The second kappa shape index (κ2) is 7.44. The van der Waals surface area contributed by atoms with Gasteiger partial charge in [-0.15, -0.1) is 0 Å². The molecule has 0 bridgehead atoms. The number of benzene rings is 1. The van der Waals surface area contributed by atoms with Crippen LogP contribution in [0.3, 0.4) is 0 Å². The number of methoxy groups -OCH3 is 1. The summed E-state index contributed by atoms with van der Waals surface area (Å²) in [6.45, 7) is 1.99. The molecule has 0 unspecified atom stereocenters. The van der Waals surface area contributed by atoms with Gasteiger partial charge in [0.05, 0.1) is 25.0 Å². The number of para-hydroxylation sites is 1. The van der Waals surface area contributed by atoms with Crippen molar-refractivity contribution in [3.8, 4) is 5.75 Å². The van der Waals surface area contributed by atoms with Gasteiger partial charge in [0.2, 0.25) is 0 Å². The summed E-state index contributed by atoms with van der Waals surface area (Å²) in [5.41, 5.74) is 1.74. The highest BCUT2D eigenvalue weighted by atomic mass is 19.1. The number of nitrogens with zero attached hydrogens (tertiary/aromatic N) is 3. The Morgan fingerprint density at radius 2 is 1.96 bits per heavy atom. The molecule has 130 valence electrons. The Morgan fingerprint density at radius 3 is 2.60 bits per heavy atom. The highest BCUT2D eigenvalue weighted by Crippen LogP contribution is 2.31. The zero-order valence-corrected chi connectivity index (χ0v) is 14.5. The zero-order chi connectivity index (χ0) is 17.8. The van der Waals surface area contributed by atoms with E-state index in [1.54, 1.807) is 19.4 Å². The Kier molecular flexibility index (Phi) is 5.09. The van der Waals surface area contributed by atoms with Crippen molar-refractivity contribution in [2.45, 2.75) is 19.0 Å². The van der Waals surface area contributed by atoms with Crippen molar-refractivity contribution in [3.63, 3.8) is 0 Å². The van der Waals surface area contributed by atoms with E-state index in [0.29, 0.717) is 0 Å². The molecule has 3 aromatic rings. The number of hydrogen-bond acceptors (Lipinski definition) is 4. The van der Waals surface area contributed by atoms with Crippen molar-refractivity contribution in [1.82, 2.24) is 19.9 Å². The average molecular weight is 340 g/mol. The molecule has 6 heteroatoms. The number of aryl methyl sites for hydroxylation is 1. The van der Waals surface area contributed by atoms with Crippen molar-refractivity contribution in [3.05, 3.63) is 77.9 Å². The minimum atomic E-state index is -0.346. The molecule has 0 saturated carbocycles. The summed E-state index contributed by atoms with van der Waals surface area (Å²) >= 11 is 0.